The summed E-state index contributed by atoms with van der Waals surface area (Å²) in [6.45, 7) is 0. The summed E-state index contributed by atoms with van der Waals surface area (Å²) in [5.41, 5.74) is 2.91. The van der Waals surface area contributed by atoms with Crippen molar-refractivity contribution in [3.05, 3.63) is 90.8 Å². The SMILES string of the molecule is c1ccc(N=C(Nc2ccccc2)c2ccncc2)cc1. The van der Waals surface area contributed by atoms with E-state index in [9.17, 15) is 0 Å². The molecule has 3 heteroatoms. The highest BCUT2D eigenvalue weighted by Gasteiger charge is 2.04. The zero-order valence-corrected chi connectivity index (χ0v) is 11.5. The third kappa shape index (κ3) is 3.54. The number of para-hydroxylation sites is 2. The molecule has 0 saturated heterocycles. The standard InChI is InChI=1S/C18H15N3/c1-3-7-16(8-4-1)20-18(15-11-13-19-14-12-15)21-17-9-5-2-6-10-17/h1-14H,(H,20,21). The fraction of sp³-hybridized carbons (Fsp3) is 0. The van der Waals surface area contributed by atoms with Crippen LogP contribution in [0.3, 0.4) is 0 Å². The van der Waals surface area contributed by atoms with Crippen molar-refractivity contribution in [1.29, 1.82) is 0 Å². The van der Waals surface area contributed by atoms with E-state index in [0.29, 0.717) is 0 Å². The minimum absolute atomic E-state index is 0.801. The molecule has 102 valence electrons. The first-order valence-corrected chi connectivity index (χ1v) is 6.78. The van der Waals surface area contributed by atoms with E-state index >= 15 is 0 Å². The minimum atomic E-state index is 0.801. The zero-order valence-electron chi connectivity index (χ0n) is 11.5. The molecule has 0 fully saturated rings. The molecule has 0 saturated carbocycles. The van der Waals surface area contributed by atoms with Gasteiger partial charge in [0.05, 0.1) is 5.69 Å². The summed E-state index contributed by atoms with van der Waals surface area (Å²) in [4.78, 5) is 8.76. The van der Waals surface area contributed by atoms with Crippen LogP contribution in [0.5, 0.6) is 0 Å². The number of amidine groups is 1. The summed E-state index contributed by atoms with van der Waals surface area (Å²) in [7, 11) is 0. The second kappa shape index (κ2) is 6.48. The van der Waals surface area contributed by atoms with Gasteiger partial charge in [0.25, 0.3) is 0 Å². The molecule has 0 radical (unpaired) electrons. The molecule has 3 nitrogen and oxygen atoms in total. The Balaban J connectivity index is 1.97. The van der Waals surface area contributed by atoms with Gasteiger partial charge >= 0.3 is 0 Å². The van der Waals surface area contributed by atoms with Gasteiger partial charge in [-0.1, -0.05) is 36.4 Å². The van der Waals surface area contributed by atoms with Gasteiger partial charge in [-0.25, -0.2) is 4.99 Å². The molecule has 0 aliphatic rings. The van der Waals surface area contributed by atoms with Gasteiger partial charge in [0.15, 0.2) is 0 Å². The first-order chi connectivity index (χ1) is 10.4. The Morgan fingerprint density at radius 3 is 2.05 bits per heavy atom. The molecule has 0 aliphatic carbocycles. The molecule has 0 atom stereocenters. The lowest BCUT2D eigenvalue weighted by Gasteiger charge is -2.10. The van der Waals surface area contributed by atoms with Gasteiger partial charge in [-0.2, -0.15) is 0 Å². The van der Waals surface area contributed by atoms with Crippen LogP contribution < -0.4 is 5.32 Å². The van der Waals surface area contributed by atoms with E-state index in [4.69, 9.17) is 4.99 Å². The Morgan fingerprint density at radius 2 is 1.38 bits per heavy atom. The predicted molar refractivity (Wildman–Crippen MR) is 86.9 cm³/mol. The van der Waals surface area contributed by atoms with Gasteiger partial charge in [-0.05, 0) is 36.4 Å². The van der Waals surface area contributed by atoms with Gasteiger partial charge in [0, 0.05) is 23.6 Å². The molecular formula is C18H15N3. The van der Waals surface area contributed by atoms with E-state index in [-0.39, 0.29) is 0 Å². The number of pyridine rings is 1. The first kappa shape index (κ1) is 13.1. The average Bonchev–Trinajstić information content (AvgIpc) is 2.57. The van der Waals surface area contributed by atoms with Crippen LogP contribution in [0.1, 0.15) is 5.56 Å². The predicted octanol–water partition coefficient (Wildman–Crippen LogP) is 4.27. The molecule has 0 aliphatic heterocycles. The molecular weight excluding hydrogens is 258 g/mol. The maximum atomic E-state index is 4.70. The third-order valence-electron chi connectivity index (χ3n) is 2.99. The molecule has 3 rings (SSSR count). The molecule has 3 aromatic rings. The van der Waals surface area contributed by atoms with Gasteiger partial charge in [0.1, 0.15) is 5.84 Å². The molecule has 0 unspecified atom stereocenters. The van der Waals surface area contributed by atoms with Crippen LogP contribution in [-0.4, -0.2) is 10.8 Å². The Morgan fingerprint density at radius 1 is 0.762 bits per heavy atom. The highest BCUT2D eigenvalue weighted by atomic mass is 15.0. The van der Waals surface area contributed by atoms with Crippen molar-refractivity contribution in [1.82, 2.24) is 4.98 Å². The van der Waals surface area contributed by atoms with Crippen molar-refractivity contribution in [3.63, 3.8) is 0 Å². The van der Waals surface area contributed by atoms with Crippen LogP contribution in [0.25, 0.3) is 0 Å². The summed E-state index contributed by atoms with van der Waals surface area (Å²) in [6, 6.07) is 23.8. The average molecular weight is 273 g/mol. The first-order valence-electron chi connectivity index (χ1n) is 6.78. The van der Waals surface area contributed by atoms with Crippen LogP contribution >= 0.6 is 0 Å². The van der Waals surface area contributed by atoms with Gasteiger partial charge in [-0.15, -0.1) is 0 Å². The highest BCUT2D eigenvalue weighted by Crippen LogP contribution is 2.15. The number of nitrogens with zero attached hydrogens (tertiary/aromatic N) is 2. The van der Waals surface area contributed by atoms with E-state index in [1.807, 2.05) is 72.8 Å². The number of aliphatic imine (C=N–C) groups is 1. The fourth-order valence-corrected chi connectivity index (χ4v) is 1.96. The van der Waals surface area contributed by atoms with E-state index in [0.717, 1.165) is 22.8 Å². The fourth-order valence-electron chi connectivity index (χ4n) is 1.96. The summed E-state index contributed by atoms with van der Waals surface area (Å²) >= 11 is 0. The minimum Gasteiger partial charge on any atom is -0.340 e. The number of hydrogen-bond acceptors (Lipinski definition) is 2. The maximum Gasteiger partial charge on any atom is 0.138 e. The third-order valence-corrected chi connectivity index (χ3v) is 2.99. The quantitative estimate of drug-likeness (QED) is 0.571. The normalized spacial score (nSPS) is 11.1. The lowest BCUT2D eigenvalue weighted by atomic mass is 10.2. The number of hydrogen-bond donors (Lipinski definition) is 1. The Kier molecular flexibility index (Phi) is 4.03. The Bertz CT molecular complexity index is 707. The van der Waals surface area contributed by atoms with E-state index in [1.54, 1.807) is 12.4 Å². The van der Waals surface area contributed by atoms with E-state index in [1.165, 1.54) is 0 Å². The molecule has 0 amide bonds. The second-order valence-electron chi connectivity index (χ2n) is 4.52. The smallest absolute Gasteiger partial charge is 0.138 e. The molecule has 1 aromatic heterocycles. The zero-order chi connectivity index (χ0) is 14.3. The van der Waals surface area contributed by atoms with Crippen molar-refractivity contribution >= 4 is 17.2 Å². The van der Waals surface area contributed by atoms with Crippen LogP contribution in [0.2, 0.25) is 0 Å². The molecule has 21 heavy (non-hydrogen) atoms. The molecule has 0 bridgehead atoms. The number of rotatable bonds is 3. The molecule has 0 spiro atoms. The molecule has 2 aromatic carbocycles. The van der Waals surface area contributed by atoms with Crippen molar-refractivity contribution in [2.24, 2.45) is 4.99 Å². The monoisotopic (exact) mass is 273 g/mol. The second-order valence-corrected chi connectivity index (χ2v) is 4.52. The lowest BCUT2D eigenvalue weighted by Crippen LogP contribution is -2.13. The van der Waals surface area contributed by atoms with Crippen LogP contribution in [-0.2, 0) is 0 Å². The topological polar surface area (TPSA) is 37.3 Å². The molecule has 1 N–H and O–H groups in total. The van der Waals surface area contributed by atoms with Gasteiger partial charge < -0.3 is 5.32 Å². The van der Waals surface area contributed by atoms with Crippen molar-refractivity contribution in [2.75, 3.05) is 5.32 Å². The largest absolute Gasteiger partial charge is 0.340 e. The summed E-state index contributed by atoms with van der Waals surface area (Å²) in [5, 5.41) is 3.37. The summed E-state index contributed by atoms with van der Waals surface area (Å²) < 4.78 is 0. The van der Waals surface area contributed by atoms with Crippen LogP contribution in [0, 0.1) is 0 Å². The maximum absolute atomic E-state index is 4.70. The number of nitrogens with one attached hydrogen (secondary N) is 1. The molecule has 1 heterocycles. The summed E-state index contributed by atoms with van der Waals surface area (Å²) in [6.07, 6.45) is 3.53. The number of anilines is 1. The number of benzene rings is 2. The van der Waals surface area contributed by atoms with Crippen molar-refractivity contribution in [3.8, 4) is 0 Å². The Labute approximate surface area is 124 Å². The van der Waals surface area contributed by atoms with Crippen molar-refractivity contribution in [2.45, 2.75) is 0 Å². The van der Waals surface area contributed by atoms with Crippen molar-refractivity contribution < 1.29 is 0 Å². The van der Waals surface area contributed by atoms with Gasteiger partial charge in [0.2, 0.25) is 0 Å². The Hall–Kier alpha value is -2.94. The van der Waals surface area contributed by atoms with E-state index < -0.39 is 0 Å². The van der Waals surface area contributed by atoms with Crippen LogP contribution in [0.15, 0.2) is 90.2 Å². The highest BCUT2D eigenvalue weighted by molar-refractivity contribution is 6.09. The lowest BCUT2D eigenvalue weighted by molar-refractivity contribution is 1.31. The number of aromatic nitrogens is 1. The van der Waals surface area contributed by atoms with Crippen LogP contribution in [0.4, 0.5) is 11.4 Å². The van der Waals surface area contributed by atoms with Gasteiger partial charge in [-0.3, -0.25) is 4.98 Å². The van der Waals surface area contributed by atoms with E-state index in [2.05, 4.69) is 10.3 Å². The summed E-state index contributed by atoms with van der Waals surface area (Å²) in [5.74, 6) is 0.801.